The summed E-state index contributed by atoms with van der Waals surface area (Å²) in [5, 5.41) is 8.97. The highest BCUT2D eigenvalue weighted by molar-refractivity contribution is 6.04. The average molecular weight is 273 g/mol. The largest absolute Gasteiger partial charge is 0.464 e. The zero-order chi connectivity index (χ0) is 14.7. The molecular weight excluding hydrogens is 258 g/mol. The fourth-order valence-electron chi connectivity index (χ4n) is 1.90. The Morgan fingerprint density at radius 2 is 1.80 bits per heavy atom. The van der Waals surface area contributed by atoms with Crippen LogP contribution in [0.1, 0.15) is 32.0 Å². The Bertz CT molecular complexity index is 641. The van der Waals surface area contributed by atoms with E-state index in [-0.39, 0.29) is 11.6 Å². The summed E-state index contributed by atoms with van der Waals surface area (Å²) < 4.78 is 4.54. The Morgan fingerprint density at radius 1 is 1.15 bits per heavy atom. The van der Waals surface area contributed by atoms with Gasteiger partial charge in [0.05, 0.1) is 7.11 Å². The van der Waals surface area contributed by atoms with Crippen molar-refractivity contribution in [3.05, 3.63) is 46.6 Å². The lowest BCUT2D eigenvalue weighted by Crippen LogP contribution is -2.12. The first-order valence-corrected chi connectivity index (χ1v) is 6.03. The molecule has 1 heterocycles. The molecule has 1 aromatic heterocycles. The number of aromatic nitrogens is 2. The number of H-pyrrole nitrogens is 1. The number of methoxy groups -OCH3 is 1. The van der Waals surface area contributed by atoms with Crippen LogP contribution in [0.4, 0.5) is 5.82 Å². The zero-order valence-corrected chi connectivity index (χ0v) is 11.5. The molecule has 0 radical (unpaired) electrons. The van der Waals surface area contributed by atoms with Crippen molar-refractivity contribution in [1.29, 1.82) is 0 Å². The third-order valence-corrected chi connectivity index (χ3v) is 2.70. The number of anilines is 1. The van der Waals surface area contributed by atoms with Crippen molar-refractivity contribution in [2.75, 3.05) is 12.4 Å². The predicted octanol–water partition coefficient (Wildman–Crippen LogP) is 2.07. The molecule has 6 heteroatoms. The van der Waals surface area contributed by atoms with Crippen molar-refractivity contribution in [2.45, 2.75) is 13.8 Å². The fraction of sp³-hybridized carbons (Fsp3) is 0.214. The van der Waals surface area contributed by atoms with Crippen LogP contribution < -0.4 is 5.32 Å². The number of carbonyl (C=O) groups is 2. The van der Waals surface area contributed by atoms with E-state index < -0.39 is 5.97 Å². The fourth-order valence-corrected chi connectivity index (χ4v) is 1.90. The second-order valence-corrected chi connectivity index (χ2v) is 4.49. The smallest absolute Gasteiger partial charge is 0.358 e. The Morgan fingerprint density at radius 3 is 2.40 bits per heavy atom. The second-order valence-electron chi connectivity index (χ2n) is 4.49. The highest BCUT2D eigenvalue weighted by atomic mass is 16.5. The zero-order valence-electron chi connectivity index (χ0n) is 11.5. The van der Waals surface area contributed by atoms with Crippen molar-refractivity contribution in [1.82, 2.24) is 10.2 Å². The van der Waals surface area contributed by atoms with E-state index in [1.807, 2.05) is 19.9 Å². The van der Waals surface area contributed by atoms with Gasteiger partial charge in [0.2, 0.25) is 0 Å². The van der Waals surface area contributed by atoms with E-state index in [0.717, 1.165) is 11.1 Å². The van der Waals surface area contributed by atoms with Crippen molar-refractivity contribution in [3.8, 4) is 0 Å². The summed E-state index contributed by atoms with van der Waals surface area (Å²) >= 11 is 0. The molecule has 6 nitrogen and oxygen atoms in total. The molecule has 0 aliphatic rings. The normalized spacial score (nSPS) is 10.2. The molecular formula is C14H15N3O3. The van der Waals surface area contributed by atoms with Crippen LogP contribution in [-0.4, -0.2) is 29.2 Å². The van der Waals surface area contributed by atoms with Crippen LogP contribution in [0.25, 0.3) is 0 Å². The number of hydrogen-bond acceptors (Lipinski definition) is 4. The van der Waals surface area contributed by atoms with Crippen LogP contribution in [0.3, 0.4) is 0 Å². The topological polar surface area (TPSA) is 84.1 Å². The van der Waals surface area contributed by atoms with E-state index in [2.05, 4.69) is 20.3 Å². The molecule has 2 rings (SSSR count). The van der Waals surface area contributed by atoms with Crippen LogP contribution in [-0.2, 0) is 4.74 Å². The molecule has 0 unspecified atom stereocenters. The molecule has 104 valence electrons. The number of aromatic amines is 1. The molecule has 0 saturated heterocycles. The first-order chi connectivity index (χ1) is 9.49. The molecule has 0 aliphatic carbocycles. The third kappa shape index (κ3) is 3.03. The van der Waals surface area contributed by atoms with Gasteiger partial charge in [0, 0.05) is 11.6 Å². The lowest BCUT2D eigenvalue weighted by molar-refractivity contribution is 0.0594. The maximum atomic E-state index is 12.1. The molecule has 2 N–H and O–H groups in total. The molecule has 0 saturated carbocycles. The first-order valence-electron chi connectivity index (χ1n) is 6.03. The van der Waals surface area contributed by atoms with E-state index >= 15 is 0 Å². The van der Waals surface area contributed by atoms with Gasteiger partial charge in [-0.15, -0.1) is 0 Å². The van der Waals surface area contributed by atoms with Crippen LogP contribution >= 0.6 is 0 Å². The number of nitrogens with zero attached hydrogens (tertiary/aromatic N) is 1. The number of rotatable bonds is 3. The van der Waals surface area contributed by atoms with E-state index in [1.54, 1.807) is 12.1 Å². The molecule has 0 atom stereocenters. The molecule has 2 aromatic rings. The summed E-state index contributed by atoms with van der Waals surface area (Å²) in [4.78, 5) is 23.3. The number of ether oxygens (including phenoxy) is 1. The minimum absolute atomic E-state index is 0.114. The molecule has 0 bridgehead atoms. The van der Waals surface area contributed by atoms with Crippen molar-refractivity contribution < 1.29 is 14.3 Å². The van der Waals surface area contributed by atoms with E-state index in [1.165, 1.54) is 13.2 Å². The Kier molecular flexibility index (Phi) is 3.84. The van der Waals surface area contributed by atoms with Crippen LogP contribution in [0.5, 0.6) is 0 Å². The second kappa shape index (κ2) is 5.56. The SMILES string of the molecule is COC(=O)c1cc(NC(=O)c2cc(C)cc(C)c2)[nH]n1. The molecule has 20 heavy (non-hydrogen) atoms. The molecule has 1 amide bonds. The number of benzene rings is 1. The van der Waals surface area contributed by atoms with Gasteiger partial charge in [-0.1, -0.05) is 17.2 Å². The number of amides is 1. The predicted molar refractivity (Wildman–Crippen MR) is 73.8 cm³/mol. The summed E-state index contributed by atoms with van der Waals surface area (Å²) in [6.07, 6.45) is 0. The standard InChI is InChI=1S/C14H15N3O3/c1-8-4-9(2)6-10(5-8)13(18)15-12-7-11(16-17-12)14(19)20-3/h4-7H,1-3H3,(H2,15,16,17,18). The van der Waals surface area contributed by atoms with Gasteiger partial charge in [-0.3, -0.25) is 9.89 Å². The molecule has 0 fully saturated rings. The number of hydrogen-bond donors (Lipinski definition) is 2. The highest BCUT2D eigenvalue weighted by Crippen LogP contribution is 2.12. The van der Waals surface area contributed by atoms with Crippen LogP contribution in [0, 0.1) is 13.8 Å². The maximum Gasteiger partial charge on any atom is 0.358 e. The summed E-state index contributed by atoms with van der Waals surface area (Å²) in [7, 11) is 1.27. The Hall–Kier alpha value is -2.63. The number of carbonyl (C=O) groups excluding carboxylic acids is 2. The molecule has 1 aromatic carbocycles. The highest BCUT2D eigenvalue weighted by Gasteiger charge is 2.13. The maximum absolute atomic E-state index is 12.1. The first kappa shape index (κ1) is 13.8. The van der Waals surface area contributed by atoms with Crippen LogP contribution in [0.15, 0.2) is 24.3 Å². The van der Waals surface area contributed by atoms with Gasteiger partial charge in [-0.05, 0) is 26.0 Å². The monoisotopic (exact) mass is 273 g/mol. The van der Waals surface area contributed by atoms with Crippen molar-refractivity contribution in [2.24, 2.45) is 0 Å². The van der Waals surface area contributed by atoms with Crippen molar-refractivity contribution in [3.63, 3.8) is 0 Å². The summed E-state index contributed by atoms with van der Waals surface area (Å²) in [6, 6.07) is 6.99. The van der Waals surface area contributed by atoms with Gasteiger partial charge in [0.25, 0.3) is 5.91 Å². The minimum Gasteiger partial charge on any atom is -0.464 e. The van der Waals surface area contributed by atoms with E-state index in [4.69, 9.17) is 0 Å². The number of nitrogens with one attached hydrogen (secondary N) is 2. The van der Waals surface area contributed by atoms with Gasteiger partial charge in [-0.25, -0.2) is 4.79 Å². The van der Waals surface area contributed by atoms with Gasteiger partial charge in [0.15, 0.2) is 5.69 Å². The van der Waals surface area contributed by atoms with Gasteiger partial charge in [-0.2, -0.15) is 5.10 Å². The van der Waals surface area contributed by atoms with Crippen molar-refractivity contribution >= 4 is 17.7 Å². The number of aryl methyl sites for hydroxylation is 2. The average Bonchev–Trinajstić information content (AvgIpc) is 2.85. The summed E-state index contributed by atoms with van der Waals surface area (Å²) in [6.45, 7) is 3.85. The quantitative estimate of drug-likeness (QED) is 0.838. The lowest BCUT2D eigenvalue weighted by atomic mass is 10.1. The Balaban J connectivity index is 2.15. The Labute approximate surface area is 116 Å². The van der Waals surface area contributed by atoms with E-state index in [9.17, 15) is 9.59 Å². The van der Waals surface area contributed by atoms with Gasteiger partial charge < -0.3 is 10.1 Å². The molecule has 0 spiro atoms. The van der Waals surface area contributed by atoms with Crippen LogP contribution in [0.2, 0.25) is 0 Å². The lowest BCUT2D eigenvalue weighted by Gasteiger charge is -2.05. The number of esters is 1. The third-order valence-electron chi connectivity index (χ3n) is 2.70. The summed E-state index contributed by atoms with van der Waals surface area (Å²) in [5.41, 5.74) is 2.69. The minimum atomic E-state index is -0.562. The molecule has 0 aliphatic heterocycles. The summed E-state index contributed by atoms with van der Waals surface area (Å²) in [5.74, 6) is -0.487. The van der Waals surface area contributed by atoms with E-state index in [0.29, 0.717) is 11.4 Å². The van der Waals surface area contributed by atoms with Gasteiger partial charge >= 0.3 is 5.97 Å². The van der Waals surface area contributed by atoms with Gasteiger partial charge in [0.1, 0.15) is 5.82 Å².